The maximum absolute atomic E-state index is 6.08. The molecule has 17 heavy (non-hydrogen) atoms. The summed E-state index contributed by atoms with van der Waals surface area (Å²) in [5, 5.41) is 8.77. The van der Waals surface area contributed by atoms with Gasteiger partial charge in [0.05, 0.1) is 11.9 Å². The van der Waals surface area contributed by atoms with E-state index in [0.29, 0.717) is 16.6 Å². The Hall–Kier alpha value is -1.19. The van der Waals surface area contributed by atoms with Crippen molar-refractivity contribution in [3.63, 3.8) is 0 Å². The first-order valence-electron chi connectivity index (χ1n) is 5.39. The van der Waals surface area contributed by atoms with Gasteiger partial charge in [-0.05, 0) is 24.6 Å². The highest BCUT2D eigenvalue weighted by molar-refractivity contribution is 6.35. The maximum Gasteiger partial charge on any atom is 0.0729 e. The molecule has 1 aromatic carbocycles. The van der Waals surface area contributed by atoms with Gasteiger partial charge >= 0.3 is 0 Å². The summed E-state index contributed by atoms with van der Waals surface area (Å²) in [6, 6.07) is 5.50. The van der Waals surface area contributed by atoms with Gasteiger partial charge in [-0.1, -0.05) is 29.3 Å². The first kappa shape index (κ1) is 12.3. The summed E-state index contributed by atoms with van der Waals surface area (Å²) in [5.41, 5.74) is 2.00. The van der Waals surface area contributed by atoms with Crippen LogP contribution in [0, 0.1) is 0 Å². The minimum absolute atomic E-state index is 0.651. The summed E-state index contributed by atoms with van der Waals surface area (Å²) in [5.74, 6) is 0. The molecule has 0 aliphatic rings. The van der Waals surface area contributed by atoms with Crippen LogP contribution in [0.2, 0.25) is 10.0 Å². The van der Waals surface area contributed by atoms with E-state index in [4.69, 9.17) is 23.2 Å². The second-order valence-electron chi connectivity index (χ2n) is 3.67. The van der Waals surface area contributed by atoms with Crippen LogP contribution in [-0.2, 0) is 13.1 Å². The molecule has 0 saturated heterocycles. The third-order valence-electron chi connectivity index (χ3n) is 2.46. The summed E-state index contributed by atoms with van der Waals surface area (Å²) in [6.07, 6.45) is 3.76. The molecule has 0 unspecified atom stereocenters. The number of nitrogens with one attached hydrogen (secondary N) is 1. The molecule has 0 fully saturated rings. The van der Waals surface area contributed by atoms with Gasteiger partial charge in [-0.2, -0.15) is 5.10 Å². The zero-order chi connectivity index (χ0) is 12.3. The monoisotopic (exact) mass is 269 g/mol. The summed E-state index contributed by atoms with van der Waals surface area (Å²) in [4.78, 5) is 0. The molecule has 2 rings (SSSR count). The zero-order valence-corrected chi connectivity index (χ0v) is 11.0. The standard InChI is InChI=1S/C12H13Cl2N3/c1-2-17-8-11(7-16-17)15-6-9-3-4-10(13)5-12(9)14/h3-5,7-8,15H,2,6H2,1H3. The maximum atomic E-state index is 6.08. The molecule has 0 bridgehead atoms. The van der Waals surface area contributed by atoms with Crippen molar-refractivity contribution in [2.24, 2.45) is 0 Å². The van der Waals surface area contributed by atoms with Gasteiger partial charge < -0.3 is 5.32 Å². The van der Waals surface area contributed by atoms with Crippen LogP contribution in [0.4, 0.5) is 5.69 Å². The Labute approximate surface area is 110 Å². The van der Waals surface area contributed by atoms with Crippen LogP contribution >= 0.6 is 23.2 Å². The summed E-state index contributed by atoms with van der Waals surface area (Å²) in [6.45, 7) is 3.57. The van der Waals surface area contributed by atoms with E-state index in [1.807, 2.05) is 29.9 Å². The van der Waals surface area contributed by atoms with Crippen molar-refractivity contribution >= 4 is 28.9 Å². The van der Waals surface area contributed by atoms with Gasteiger partial charge in [0.15, 0.2) is 0 Å². The van der Waals surface area contributed by atoms with E-state index in [2.05, 4.69) is 10.4 Å². The minimum Gasteiger partial charge on any atom is -0.378 e. The van der Waals surface area contributed by atoms with E-state index >= 15 is 0 Å². The third-order valence-corrected chi connectivity index (χ3v) is 3.04. The van der Waals surface area contributed by atoms with E-state index < -0.39 is 0 Å². The Morgan fingerprint density at radius 3 is 2.82 bits per heavy atom. The van der Waals surface area contributed by atoms with Crippen molar-refractivity contribution in [1.29, 1.82) is 0 Å². The van der Waals surface area contributed by atoms with Gasteiger partial charge in [0, 0.05) is 29.3 Å². The highest BCUT2D eigenvalue weighted by Gasteiger charge is 2.02. The van der Waals surface area contributed by atoms with Crippen molar-refractivity contribution in [3.8, 4) is 0 Å². The van der Waals surface area contributed by atoms with E-state index in [0.717, 1.165) is 17.8 Å². The molecule has 0 amide bonds. The molecule has 0 saturated carbocycles. The van der Waals surface area contributed by atoms with Crippen molar-refractivity contribution in [2.75, 3.05) is 5.32 Å². The first-order valence-corrected chi connectivity index (χ1v) is 6.15. The van der Waals surface area contributed by atoms with Crippen LogP contribution in [0.3, 0.4) is 0 Å². The predicted octanol–water partition coefficient (Wildman–Crippen LogP) is 3.82. The number of hydrogen-bond donors (Lipinski definition) is 1. The van der Waals surface area contributed by atoms with E-state index in [-0.39, 0.29) is 0 Å². The van der Waals surface area contributed by atoms with Gasteiger partial charge in [0.2, 0.25) is 0 Å². The molecular formula is C12H13Cl2N3. The summed E-state index contributed by atoms with van der Waals surface area (Å²) >= 11 is 11.9. The zero-order valence-electron chi connectivity index (χ0n) is 9.45. The normalized spacial score (nSPS) is 10.5. The van der Waals surface area contributed by atoms with Crippen LogP contribution in [0.25, 0.3) is 0 Å². The minimum atomic E-state index is 0.651. The number of aromatic nitrogens is 2. The fourth-order valence-corrected chi connectivity index (χ4v) is 1.97. The van der Waals surface area contributed by atoms with Crippen LogP contribution in [0.1, 0.15) is 12.5 Å². The number of nitrogens with zero attached hydrogens (tertiary/aromatic N) is 2. The highest BCUT2D eigenvalue weighted by atomic mass is 35.5. The van der Waals surface area contributed by atoms with Gasteiger partial charge in [-0.25, -0.2) is 0 Å². The molecule has 0 radical (unpaired) electrons. The van der Waals surface area contributed by atoms with Gasteiger partial charge in [0.1, 0.15) is 0 Å². The van der Waals surface area contributed by atoms with E-state index in [9.17, 15) is 0 Å². The van der Waals surface area contributed by atoms with Gasteiger partial charge in [-0.3, -0.25) is 4.68 Å². The summed E-state index contributed by atoms with van der Waals surface area (Å²) < 4.78 is 1.87. The van der Waals surface area contributed by atoms with Gasteiger partial charge in [0.25, 0.3) is 0 Å². The highest BCUT2D eigenvalue weighted by Crippen LogP contribution is 2.21. The number of aryl methyl sites for hydroxylation is 1. The molecule has 1 aromatic heterocycles. The van der Waals surface area contributed by atoms with Crippen molar-refractivity contribution in [1.82, 2.24) is 9.78 Å². The Morgan fingerprint density at radius 2 is 2.18 bits per heavy atom. The molecule has 0 aliphatic carbocycles. The number of rotatable bonds is 4. The second kappa shape index (κ2) is 5.43. The molecule has 1 heterocycles. The van der Waals surface area contributed by atoms with Gasteiger partial charge in [-0.15, -0.1) is 0 Å². The lowest BCUT2D eigenvalue weighted by atomic mass is 10.2. The molecule has 0 spiro atoms. The first-order chi connectivity index (χ1) is 8.19. The molecule has 1 N–H and O–H groups in total. The number of hydrogen-bond acceptors (Lipinski definition) is 2. The van der Waals surface area contributed by atoms with E-state index in [1.54, 1.807) is 12.3 Å². The van der Waals surface area contributed by atoms with Crippen molar-refractivity contribution in [3.05, 3.63) is 46.2 Å². The van der Waals surface area contributed by atoms with Crippen LogP contribution in [0.15, 0.2) is 30.6 Å². The molecule has 0 aliphatic heterocycles. The largest absolute Gasteiger partial charge is 0.378 e. The van der Waals surface area contributed by atoms with E-state index in [1.165, 1.54) is 0 Å². The number of benzene rings is 1. The van der Waals surface area contributed by atoms with Crippen LogP contribution in [0.5, 0.6) is 0 Å². The molecule has 0 atom stereocenters. The SMILES string of the molecule is CCn1cc(NCc2ccc(Cl)cc2Cl)cn1. The second-order valence-corrected chi connectivity index (χ2v) is 4.52. The molecule has 90 valence electrons. The fraction of sp³-hybridized carbons (Fsp3) is 0.250. The molecule has 3 nitrogen and oxygen atoms in total. The fourth-order valence-electron chi connectivity index (χ4n) is 1.49. The Balaban J connectivity index is 2.02. The topological polar surface area (TPSA) is 29.9 Å². The van der Waals surface area contributed by atoms with Crippen LogP contribution in [-0.4, -0.2) is 9.78 Å². The average molecular weight is 270 g/mol. The molecule has 2 aromatic rings. The number of anilines is 1. The quantitative estimate of drug-likeness (QED) is 0.915. The molecule has 5 heteroatoms. The molecular weight excluding hydrogens is 257 g/mol. The predicted molar refractivity (Wildman–Crippen MR) is 71.7 cm³/mol. The number of halogens is 2. The summed E-state index contributed by atoms with van der Waals surface area (Å²) in [7, 11) is 0. The smallest absolute Gasteiger partial charge is 0.0729 e. The lowest BCUT2D eigenvalue weighted by Crippen LogP contribution is -1.99. The Bertz CT molecular complexity index is 508. The average Bonchev–Trinajstić information content (AvgIpc) is 2.76. The lowest BCUT2D eigenvalue weighted by molar-refractivity contribution is 0.660. The third kappa shape index (κ3) is 3.14. The Kier molecular flexibility index (Phi) is 3.92. The van der Waals surface area contributed by atoms with Crippen LogP contribution < -0.4 is 5.32 Å². The van der Waals surface area contributed by atoms with Crippen molar-refractivity contribution in [2.45, 2.75) is 20.0 Å². The Morgan fingerprint density at radius 1 is 1.35 bits per heavy atom. The lowest BCUT2D eigenvalue weighted by Gasteiger charge is -2.06. The van der Waals surface area contributed by atoms with Crippen molar-refractivity contribution < 1.29 is 0 Å².